The van der Waals surface area contributed by atoms with Crippen LogP contribution in [0.25, 0.3) is 0 Å². The monoisotopic (exact) mass is 319 g/mol. The molecule has 1 amide bonds. The quantitative estimate of drug-likeness (QED) is 0.873. The van der Waals surface area contributed by atoms with Gasteiger partial charge < -0.3 is 19.9 Å². The van der Waals surface area contributed by atoms with Gasteiger partial charge in [0.25, 0.3) is 0 Å². The first kappa shape index (κ1) is 16.0. The van der Waals surface area contributed by atoms with Crippen LogP contribution in [-0.4, -0.2) is 66.7 Å². The first-order valence-electron chi connectivity index (χ1n) is 8.48. The Labute approximate surface area is 137 Å². The highest BCUT2D eigenvalue weighted by atomic mass is 16.5. The number of anilines is 1. The summed E-state index contributed by atoms with van der Waals surface area (Å²) in [5, 5.41) is 3.31. The van der Waals surface area contributed by atoms with E-state index in [9.17, 15) is 4.79 Å². The minimum absolute atomic E-state index is 0.195. The van der Waals surface area contributed by atoms with Crippen LogP contribution in [0.4, 0.5) is 5.95 Å². The van der Waals surface area contributed by atoms with Crippen LogP contribution in [0, 0.1) is 5.92 Å². The zero-order valence-corrected chi connectivity index (χ0v) is 13.7. The Morgan fingerprint density at radius 3 is 2.74 bits per heavy atom. The Balaban J connectivity index is 1.55. The highest BCUT2D eigenvalue weighted by Gasteiger charge is 2.29. The maximum absolute atomic E-state index is 12.6. The molecule has 1 aromatic heterocycles. The lowest BCUT2D eigenvalue weighted by molar-refractivity contribution is -0.136. The minimum atomic E-state index is 0.195. The maximum atomic E-state index is 12.6. The molecule has 0 unspecified atom stereocenters. The summed E-state index contributed by atoms with van der Waals surface area (Å²) in [6.07, 6.45) is 3.64. The minimum Gasteiger partial charge on any atom is -0.478 e. The molecule has 23 heavy (non-hydrogen) atoms. The van der Waals surface area contributed by atoms with Crippen LogP contribution in [0.5, 0.6) is 5.88 Å². The van der Waals surface area contributed by atoms with E-state index in [1.165, 1.54) is 0 Å². The second-order valence-electron chi connectivity index (χ2n) is 5.96. The number of piperazine rings is 1. The molecule has 2 saturated heterocycles. The summed E-state index contributed by atoms with van der Waals surface area (Å²) < 4.78 is 5.43. The molecule has 2 aliphatic rings. The summed E-state index contributed by atoms with van der Waals surface area (Å²) in [5.74, 6) is 1.80. The molecular formula is C16H25N5O2. The van der Waals surface area contributed by atoms with E-state index in [0.29, 0.717) is 24.3 Å². The maximum Gasteiger partial charge on any atom is 0.228 e. The number of hydrogen-bond acceptors (Lipinski definition) is 6. The van der Waals surface area contributed by atoms with Crippen LogP contribution < -0.4 is 15.0 Å². The molecule has 7 heteroatoms. The van der Waals surface area contributed by atoms with Crippen LogP contribution in [0.3, 0.4) is 0 Å². The van der Waals surface area contributed by atoms with Crippen LogP contribution in [-0.2, 0) is 4.79 Å². The molecule has 1 N–H and O–H groups in total. The Kier molecular flexibility index (Phi) is 5.27. The van der Waals surface area contributed by atoms with Gasteiger partial charge in [-0.1, -0.05) is 0 Å². The van der Waals surface area contributed by atoms with Crippen LogP contribution >= 0.6 is 0 Å². The van der Waals surface area contributed by atoms with E-state index in [1.54, 1.807) is 12.3 Å². The number of amides is 1. The fourth-order valence-electron chi connectivity index (χ4n) is 3.17. The second kappa shape index (κ2) is 7.59. The summed E-state index contributed by atoms with van der Waals surface area (Å²) in [4.78, 5) is 25.4. The van der Waals surface area contributed by atoms with Gasteiger partial charge in [0.2, 0.25) is 17.7 Å². The Hall–Kier alpha value is -1.89. The standard InChI is InChI=1S/C16H25N5O2/c1-2-23-14-5-8-18-16(19-14)21-11-9-20(10-12-21)15(22)13-3-6-17-7-4-13/h5,8,13,17H,2-4,6-7,9-12H2,1H3. The molecule has 2 fully saturated rings. The van der Waals surface area contributed by atoms with Crippen LogP contribution in [0.1, 0.15) is 19.8 Å². The number of aromatic nitrogens is 2. The summed E-state index contributed by atoms with van der Waals surface area (Å²) in [6, 6.07) is 1.77. The van der Waals surface area contributed by atoms with Crippen molar-refractivity contribution in [2.24, 2.45) is 5.92 Å². The molecule has 0 spiro atoms. The molecule has 126 valence electrons. The van der Waals surface area contributed by atoms with Crippen molar-refractivity contribution >= 4 is 11.9 Å². The first-order chi connectivity index (χ1) is 11.3. The molecular weight excluding hydrogens is 294 g/mol. The largest absolute Gasteiger partial charge is 0.478 e. The average Bonchev–Trinajstić information content (AvgIpc) is 2.62. The van der Waals surface area contributed by atoms with Crippen molar-refractivity contribution in [2.75, 3.05) is 50.8 Å². The smallest absolute Gasteiger partial charge is 0.228 e. The molecule has 0 bridgehead atoms. The molecule has 0 aromatic carbocycles. The predicted octanol–water partition coefficient (Wildman–Crippen LogP) is 0.524. The fourth-order valence-corrected chi connectivity index (χ4v) is 3.17. The van der Waals surface area contributed by atoms with Crippen molar-refractivity contribution in [1.82, 2.24) is 20.2 Å². The number of ether oxygens (including phenoxy) is 1. The lowest BCUT2D eigenvalue weighted by atomic mass is 9.96. The van der Waals surface area contributed by atoms with Gasteiger partial charge in [-0.05, 0) is 32.9 Å². The Bertz CT molecular complexity index is 525. The van der Waals surface area contributed by atoms with E-state index in [0.717, 1.165) is 52.1 Å². The van der Waals surface area contributed by atoms with Gasteiger partial charge in [-0.2, -0.15) is 4.98 Å². The van der Waals surface area contributed by atoms with E-state index < -0.39 is 0 Å². The molecule has 0 radical (unpaired) electrons. The van der Waals surface area contributed by atoms with Gasteiger partial charge in [0.15, 0.2) is 0 Å². The van der Waals surface area contributed by atoms with Gasteiger partial charge in [-0.25, -0.2) is 4.98 Å². The lowest BCUT2D eigenvalue weighted by Crippen LogP contribution is -2.51. The summed E-state index contributed by atoms with van der Waals surface area (Å²) >= 11 is 0. The zero-order valence-electron chi connectivity index (χ0n) is 13.7. The summed E-state index contributed by atoms with van der Waals surface area (Å²) in [6.45, 7) is 7.46. The normalized spacial score (nSPS) is 19.7. The second-order valence-corrected chi connectivity index (χ2v) is 5.96. The zero-order chi connectivity index (χ0) is 16.1. The number of rotatable bonds is 4. The van der Waals surface area contributed by atoms with E-state index in [-0.39, 0.29) is 5.92 Å². The Morgan fingerprint density at radius 2 is 2.04 bits per heavy atom. The molecule has 3 rings (SSSR count). The molecule has 0 atom stereocenters. The van der Waals surface area contributed by atoms with E-state index >= 15 is 0 Å². The first-order valence-corrected chi connectivity index (χ1v) is 8.48. The highest BCUT2D eigenvalue weighted by molar-refractivity contribution is 5.79. The van der Waals surface area contributed by atoms with Crippen molar-refractivity contribution in [1.29, 1.82) is 0 Å². The van der Waals surface area contributed by atoms with Gasteiger partial charge >= 0.3 is 0 Å². The fraction of sp³-hybridized carbons (Fsp3) is 0.688. The van der Waals surface area contributed by atoms with E-state index in [1.807, 2.05) is 11.8 Å². The predicted molar refractivity (Wildman–Crippen MR) is 87.6 cm³/mol. The third-order valence-electron chi connectivity index (χ3n) is 4.47. The third kappa shape index (κ3) is 3.90. The number of carbonyl (C=O) groups excluding carboxylic acids is 1. The van der Waals surface area contributed by atoms with Gasteiger partial charge in [-0.3, -0.25) is 4.79 Å². The number of nitrogens with zero attached hydrogens (tertiary/aromatic N) is 4. The number of carbonyl (C=O) groups is 1. The molecule has 7 nitrogen and oxygen atoms in total. The van der Waals surface area contributed by atoms with E-state index in [4.69, 9.17) is 4.74 Å². The Morgan fingerprint density at radius 1 is 1.30 bits per heavy atom. The van der Waals surface area contributed by atoms with Crippen LogP contribution in [0.15, 0.2) is 12.3 Å². The molecule has 1 aromatic rings. The average molecular weight is 319 g/mol. The molecule has 0 saturated carbocycles. The van der Waals surface area contributed by atoms with Gasteiger partial charge in [0.05, 0.1) is 6.61 Å². The third-order valence-corrected chi connectivity index (χ3v) is 4.47. The van der Waals surface area contributed by atoms with Crippen molar-refractivity contribution in [2.45, 2.75) is 19.8 Å². The van der Waals surface area contributed by atoms with Crippen LogP contribution in [0.2, 0.25) is 0 Å². The molecule has 2 aliphatic heterocycles. The number of nitrogens with one attached hydrogen (secondary N) is 1. The molecule has 3 heterocycles. The summed E-state index contributed by atoms with van der Waals surface area (Å²) in [5.41, 5.74) is 0. The van der Waals surface area contributed by atoms with Crippen molar-refractivity contribution in [3.63, 3.8) is 0 Å². The van der Waals surface area contributed by atoms with Gasteiger partial charge in [0.1, 0.15) is 0 Å². The SMILES string of the molecule is CCOc1ccnc(N2CCN(C(=O)C3CCNCC3)CC2)n1. The van der Waals surface area contributed by atoms with Crippen molar-refractivity contribution in [3.05, 3.63) is 12.3 Å². The van der Waals surface area contributed by atoms with Crippen molar-refractivity contribution < 1.29 is 9.53 Å². The summed E-state index contributed by atoms with van der Waals surface area (Å²) in [7, 11) is 0. The van der Waals surface area contributed by atoms with Gasteiger partial charge in [-0.15, -0.1) is 0 Å². The topological polar surface area (TPSA) is 70.6 Å². The van der Waals surface area contributed by atoms with Crippen molar-refractivity contribution in [3.8, 4) is 5.88 Å². The highest BCUT2D eigenvalue weighted by Crippen LogP contribution is 2.19. The van der Waals surface area contributed by atoms with E-state index in [2.05, 4.69) is 20.2 Å². The lowest BCUT2D eigenvalue weighted by Gasteiger charge is -2.37. The van der Waals surface area contributed by atoms with Gasteiger partial charge in [0, 0.05) is 44.4 Å². The number of hydrogen-bond donors (Lipinski definition) is 1. The molecule has 0 aliphatic carbocycles. The number of piperidine rings is 1.